The molecule has 3 heterocycles. The molecule has 6 heteroatoms. The van der Waals surface area contributed by atoms with Gasteiger partial charge in [0, 0.05) is 39.8 Å². The number of piperidine rings is 1. The van der Waals surface area contributed by atoms with Crippen LogP contribution in [-0.2, 0) is 16.6 Å². The molecule has 134 valence electrons. The van der Waals surface area contributed by atoms with Crippen LogP contribution >= 0.6 is 0 Å². The SMILES string of the molecule is CN(C)S(=O)(=O)N1C[C@H]2CC[C@@H]1CN(CCCc1ccccc1)C2. The van der Waals surface area contributed by atoms with E-state index in [0.717, 1.165) is 45.3 Å². The first-order chi connectivity index (χ1) is 11.5. The summed E-state index contributed by atoms with van der Waals surface area (Å²) in [5, 5.41) is 0. The average molecular weight is 352 g/mol. The van der Waals surface area contributed by atoms with Crippen LogP contribution in [0.25, 0.3) is 0 Å². The van der Waals surface area contributed by atoms with Crippen molar-refractivity contribution in [1.29, 1.82) is 0 Å². The van der Waals surface area contributed by atoms with Crippen molar-refractivity contribution in [2.45, 2.75) is 31.7 Å². The lowest BCUT2D eigenvalue weighted by molar-refractivity contribution is 0.216. The Morgan fingerprint density at radius 2 is 1.83 bits per heavy atom. The van der Waals surface area contributed by atoms with Crippen LogP contribution in [0.2, 0.25) is 0 Å². The van der Waals surface area contributed by atoms with Crippen LogP contribution in [0.1, 0.15) is 24.8 Å². The smallest absolute Gasteiger partial charge is 0.281 e. The molecule has 5 nitrogen and oxygen atoms in total. The molecule has 0 radical (unpaired) electrons. The Bertz CT molecular complexity index is 633. The third-order valence-corrected chi connectivity index (χ3v) is 7.24. The molecule has 0 amide bonds. The second kappa shape index (κ2) is 7.52. The Morgan fingerprint density at radius 1 is 1.08 bits per heavy atom. The topological polar surface area (TPSA) is 43.9 Å². The maximum atomic E-state index is 12.6. The van der Waals surface area contributed by atoms with Gasteiger partial charge in [-0.1, -0.05) is 30.3 Å². The highest BCUT2D eigenvalue weighted by Crippen LogP contribution is 2.30. The van der Waals surface area contributed by atoms with Gasteiger partial charge in [0.05, 0.1) is 0 Å². The summed E-state index contributed by atoms with van der Waals surface area (Å²) in [4.78, 5) is 2.48. The lowest BCUT2D eigenvalue weighted by Gasteiger charge is -2.36. The molecule has 3 saturated heterocycles. The molecule has 0 spiro atoms. The highest BCUT2D eigenvalue weighted by atomic mass is 32.2. The van der Waals surface area contributed by atoms with Gasteiger partial charge in [-0.3, -0.25) is 0 Å². The summed E-state index contributed by atoms with van der Waals surface area (Å²) >= 11 is 0. The van der Waals surface area contributed by atoms with E-state index in [9.17, 15) is 8.42 Å². The number of hydrogen-bond acceptors (Lipinski definition) is 3. The normalized spacial score (nSPS) is 26.0. The molecule has 0 aromatic heterocycles. The van der Waals surface area contributed by atoms with Gasteiger partial charge in [0.15, 0.2) is 0 Å². The third-order valence-electron chi connectivity index (χ3n) is 5.28. The lowest BCUT2D eigenvalue weighted by atomic mass is 9.97. The summed E-state index contributed by atoms with van der Waals surface area (Å²) in [7, 11) is -0.0401. The van der Waals surface area contributed by atoms with E-state index in [1.165, 1.54) is 9.87 Å². The van der Waals surface area contributed by atoms with Gasteiger partial charge in [0.25, 0.3) is 10.2 Å². The van der Waals surface area contributed by atoms with Crippen molar-refractivity contribution in [3.8, 4) is 0 Å². The molecule has 3 aliphatic heterocycles. The van der Waals surface area contributed by atoms with Crippen molar-refractivity contribution in [3.63, 3.8) is 0 Å². The first-order valence-corrected chi connectivity index (χ1v) is 10.3. The zero-order valence-electron chi connectivity index (χ0n) is 14.8. The van der Waals surface area contributed by atoms with Crippen LogP contribution in [-0.4, -0.2) is 68.2 Å². The van der Waals surface area contributed by atoms with E-state index in [2.05, 4.69) is 35.2 Å². The van der Waals surface area contributed by atoms with Gasteiger partial charge in [-0.15, -0.1) is 0 Å². The molecule has 0 aliphatic carbocycles. The van der Waals surface area contributed by atoms with Gasteiger partial charge in [-0.2, -0.15) is 17.0 Å². The Balaban J connectivity index is 1.59. The van der Waals surface area contributed by atoms with Crippen LogP contribution in [0.3, 0.4) is 0 Å². The van der Waals surface area contributed by atoms with Crippen LogP contribution in [0.4, 0.5) is 0 Å². The summed E-state index contributed by atoms with van der Waals surface area (Å²) in [5.74, 6) is 0.468. The monoisotopic (exact) mass is 351 g/mol. The van der Waals surface area contributed by atoms with Crippen LogP contribution in [0.5, 0.6) is 0 Å². The Morgan fingerprint density at radius 3 is 2.54 bits per heavy atom. The Hall–Kier alpha value is -0.950. The zero-order valence-corrected chi connectivity index (χ0v) is 15.6. The predicted octanol–water partition coefficient (Wildman–Crippen LogP) is 1.82. The summed E-state index contributed by atoms with van der Waals surface area (Å²) in [6.45, 7) is 3.64. The number of aryl methyl sites for hydroxylation is 1. The molecule has 2 atom stereocenters. The third kappa shape index (κ3) is 3.99. The van der Waals surface area contributed by atoms with Crippen LogP contribution < -0.4 is 0 Å². The summed E-state index contributed by atoms with van der Waals surface area (Å²) in [6, 6.07) is 10.7. The maximum Gasteiger partial charge on any atom is 0.281 e. The minimum atomic E-state index is -3.30. The summed E-state index contributed by atoms with van der Waals surface area (Å²) in [6.07, 6.45) is 4.36. The maximum absolute atomic E-state index is 12.6. The van der Waals surface area contributed by atoms with Crippen molar-refractivity contribution in [1.82, 2.24) is 13.5 Å². The molecule has 3 aliphatic rings. The van der Waals surface area contributed by atoms with E-state index < -0.39 is 10.2 Å². The molecule has 4 rings (SSSR count). The Kier molecular flexibility index (Phi) is 5.59. The second-order valence-electron chi connectivity index (χ2n) is 7.31. The zero-order chi connectivity index (χ0) is 17.2. The fraction of sp³-hybridized carbons (Fsp3) is 0.667. The number of rotatable bonds is 6. The minimum absolute atomic E-state index is 0.132. The molecule has 1 aromatic rings. The quantitative estimate of drug-likeness (QED) is 0.785. The molecule has 0 N–H and O–H groups in total. The highest BCUT2D eigenvalue weighted by molar-refractivity contribution is 7.86. The summed E-state index contributed by atoms with van der Waals surface area (Å²) < 4.78 is 28.2. The first-order valence-electron chi connectivity index (χ1n) is 8.92. The minimum Gasteiger partial charge on any atom is -0.301 e. The van der Waals surface area contributed by atoms with Gasteiger partial charge < -0.3 is 4.90 Å². The average Bonchev–Trinajstić information content (AvgIpc) is 2.86. The van der Waals surface area contributed by atoms with Crippen molar-refractivity contribution >= 4 is 10.2 Å². The van der Waals surface area contributed by atoms with E-state index in [1.807, 2.05) is 0 Å². The van der Waals surface area contributed by atoms with Crippen LogP contribution in [0, 0.1) is 5.92 Å². The van der Waals surface area contributed by atoms with Gasteiger partial charge in [0.2, 0.25) is 0 Å². The molecule has 2 bridgehead atoms. The van der Waals surface area contributed by atoms with Gasteiger partial charge in [-0.05, 0) is 43.7 Å². The van der Waals surface area contributed by atoms with Gasteiger partial charge >= 0.3 is 0 Å². The van der Waals surface area contributed by atoms with Crippen LogP contribution in [0.15, 0.2) is 30.3 Å². The van der Waals surface area contributed by atoms with Gasteiger partial charge in [0.1, 0.15) is 0 Å². The molecular weight excluding hydrogens is 322 g/mol. The van der Waals surface area contributed by atoms with E-state index in [0.29, 0.717) is 12.5 Å². The standard InChI is InChI=1S/C18H29N3O2S/c1-19(2)24(22,23)21-14-17-10-11-18(21)15-20(13-17)12-6-9-16-7-4-3-5-8-16/h3-5,7-8,17-18H,6,9-15H2,1-2H3/t17-,18+/m0/s1. The highest BCUT2D eigenvalue weighted by Gasteiger charge is 2.41. The molecule has 3 fully saturated rings. The van der Waals surface area contributed by atoms with Crippen molar-refractivity contribution in [3.05, 3.63) is 35.9 Å². The van der Waals surface area contributed by atoms with Crippen molar-refractivity contribution in [2.75, 3.05) is 40.3 Å². The predicted molar refractivity (Wildman–Crippen MR) is 97.0 cm³/mol. The van der Waals surface area contributed by atoms with E-state index in [1.54, 1.807) is 18.4 Å². The second-order valence-corrected chi connectivity index (χ2v) is 9.40. The van der Waals surface area contributed by atoms with Gasteiger partial charge in [-0.25, -0.2) is 0 Å². The fourth-order valence-electron chi connectivity index (χ4n) is 3.96. The first kappa shape index (κ1) is 17.9. The molecule has 1 aromatic carbocycles. The molecule has 0 saturated carbocycles. The number of hydrogen-bond donors (Lipinski definition) is 0. The molecule has 24 heavy (non-hydrogen) atoms. The van der Waals surface area contributed by atoms with E-state index >= 15 is 0 Å². The molecule has 0 unspecified atom stereocenters. The number of benzene rings is 1. The lowest BCUT2D eigenvalue weighted by Crippen LogP contribution is -2.51. The van der Waals surface area contributed by atoms with Crippen molar-refractivity contribution < 1.29 is 8.42 Å². The van der Waals surface area contributed by atoms with Crippen molar-refractivity contribution in [2.24, 2.45) is 5.92 Å². The van der Waals surface area contributed by atoms with E-state index in [-0.39, 0.29) is 6.04 Å². The fourth-order valence-corrected chi connectivity index (χ4v) is 5.33. The molecular formula is C18H29N3O2S. The summed E-state index contributed by atoms with van der Waals surface area (Å²) in [5.41, 5.74) is 1.38. The largest absolute Gasteiger partial charge is 0.301 e. The Labute approximate surface area is 146 Å². The van der Waals surface area contributed by atoms with E-state index in [4.69, 9.17) is 0 Å². The number of fused-ring (bicyclic) bond motifs is 4. The number of nitrogens with zero attached hydrogens (tertiary/aromatic N) is 3.